The lowest BCUT2D eigenvalue weighted by Gasteiger charge is -2.19. The molecule has 1 fully saturated rings. The molecule has 1 saturated carbocycles. The number of hydrogen-bond acceptors (Lipinski definition) is 2. The second-order valence-electron chi connectivity index (χ2n) is 5.51. The van der Waals surface area contributed by atoms with Crippen molar-refractivity contribution in [1.82, 2.24) is 10.2 Å². The van der Waals surface area contributed by atoms with Gasteiger partial charge >= 0.3 is 0 Å². The van der Waals surface area contributed by atoms with Gasteiger partial charge in [0.05, 0.1) is 0 Å². The van der Waals surface area contributed by atoms with E-state index in [1.165, 1.54) is 45.3 Å². The first-order valence-electron chi connectivity index (χ1n) is 6.57. The Labute approximate surface area is 95.4 Å². The molecular formula is C13H28N2. The Balaban J connectivity index is 1.91. The first-order valence-corrected chi connectivity index (χ1v) is 6.57. The van der Waals surface area contributed by atoms with Gasteiger partial charge in [-0.3, -0.25) is 0 Å². The summed E-state index contributed by atoms with van der Waals surface area (Å²) in [6.07, 6.45) is 5.82. The zero-order valence-electron chi connectivity index (χ0n) is 10.8. The van der Waals surface area contributed by atoms with Crippen LogP contribution in [-0.4, -0.2) is 38.1 Å². The van der Waals surface area contributed by atoms with E-state index >= 15 is 0 Å². The highest BCUT2D eigenvalue weighted by Gasteiger charge is 2.13. The van der Waals surface area contributed by atoms with Gasteiger partial charge in [0.1, 0.15) is 0 Å². The largest absolute Gasteiger partial charge is 0.315 e. The summed E-state index contributed by atoms with van der Waals surface area (Å²) in [7, 11) is 2.22. The monoisotopic (exact) mass is 212 g/mol. The predicted molar refractivity (Wildman–Crippen MR) is 67.2 cm³/mol. The van der Waals surface area contributed by atoms with Gasteiger partial charge in [0.2, 0.25) is 0 Å². The molecule has 90 valence electrons. The molecule has 2 nitrogen and oxygen atoms in total. The summed E-state index contributed by atoms with van der Waals surface area (Å²) in [4.78, 5) is 2.42. The summed E-state index contributed by atoms with van der Waals surface area (Å²) in [6.45, 7) is 9.36. The van der Waals surface area contributed by atoms with Gasteiger partial charge in [-0.1, -0.05) is 26.7 Å². The Morgan fingerprint density at radius 2 is 1.93 bits per heavy atom. The van der Waals surface area contributed by atoms with E-state index in [0.29, 0.717) is 0 Å². The number of rotatable bonds is 7. The molecule has 0 amide bonds. The number of likely N-dealkylation sites (N-methyl/N-ethyl adjacent to an activating group) is 1. The number of nitrogens with one attached hydrogen (secondary N) is 1. The molecule has 1 aliphatic rings. The standard InChI is InChI=1S/C13H28N2/c1-12(2)11-15(3)9-8-14-10-13-6-4-5-7-13/h12-14H,4-11H2,1-3H3. The molecular weight excluding hydrogens is 184 g/mol. The van der Waals surface area contributed by atoms with Gasteiger partial charge in [0.15, 0.2) is 0 Å². The van der Waals surface area contributed by atoms with Crippen LogP contribution in [0.25, 0.3) is 0 Å². The molecule has 2 heteroatoms. The Kier molecular flexibility index (Phi) is 6.26. The smallest absolute Gasteiger partial charge is 0.0104 e. The van der Waals surface area contributed by atoms with Crippen molar-refractivity contribution in [2.45, 2.75) is 39.5 Å². The fourth-order valence-corrected chi connectivity index (χ4v) is 2.51. The summed E-state index contributed by atoms with van der Waals surface area (Å²) < 4.78 is 0. The van der Waals surface area contributed by atoms with Gasteiger partial charge in [-0.05, 0) is 38.3 Å². The highest BCUT2D eigenvalue weighted by Crippen LogP contribution is 2.23. The molecule has 1 rings (SSSR count). The second-order valence-corrected chi connectivity index (χ2v) is 5.51. The van der Waals surface area contributed by atoms with Gasteiger partial charge in [-0.25, -0.2) is 0 Å². The third-order valence-corrected chi connectivity index (χ3v) is 3.25. The Morgan fingerprint density at radius 3 is 2.53 bits per heavy atom. The fourth-order valence-electron chi connectivity index (χ4n) is 2.51. The first kappa shape index (κ1) is 13.0. The van der Waals surface area contributed by atoms with Gasteiger partial charge in [-0.2, -0.15) is 0 Å². The summed E-state index contributed by atoms with van der Waals surface area (Å²) in [6, 6.07) is 0. The average molecular weight is 212 g/mol. The van der Waals surface area contributed by atoms with Crippen LogP contribution in [0.1, 0.15) is 39.5 Å². The maximum absolute atomic E-state index is 3.59. The molecule has 0 aromatic heterocycles. The summed E-state index contributed by atoms with van der Waals surface area (Å²) >= 11 is 0. The van der Waals surface area contributed by atoms with E-state index in [2.05, 4.69) is 31.1 Å². The minimum Gasteiger partial charge on any atom is -0.315 e. The summed E-state index contributed by atoms with van der Waals surface area (Å²) in [5, 5.41) is 3.59. The quantitative estimate of drug-likeness (QED) is 0.652. The highest BCUT2D eigenvalue weighted by atomic mass is 15.1. The van der Waals surface area contributed by atoms with Crippen molar-refractivity contribution in [2.75, 3.05) is 33.2 Å². The van der Waals surface area contributed by atoms with Crippen LogP contribution >= 0.6 is 0 Å². The Hall–Kier alpha value is -0.0800. The molecule has 0 saturated heterocycles. The number of hydrogen-bond donors (Lipinski definition) is 1. The SMILES string of the molecule is CC(C)CN(C)CCNCC1CCCC1. The summed E-state index contributed by atoms with van der Waals surface area (Å²) in [5.74, 6) is 1.75. The van der Waals surface area contributed by atoms with Crippen LogP contribution in [0.3, 0.4) is 0 Å². The molecule has 0 spiro atoms. The minimum absolute atomic E-state index is 0.782. The van der Waals surface area contributed by atoms with Crippen molar-refractivity contribution in [3.63, 3.8) is 0 Å². The van der Waals surface area contributed by atoms with Crippen molar-refractivity contribution in [3.8, 4) is 0 Å². The predicted octanol–water partition coefficient (Wildman–Crippen LogP) is 2.35. The zero-order chi connectivity index (χ0) is 11.1. The van der Waals surface area contributed by atoms with Crippen molar-refractivity contribution >= 4 is 0 Å². The summed E-state index contributed by atoms with van der Waals surface area (Å²) in [5.41, 5.74) is 0. The molecule has 0 atom stereocenters. The van der Waals surface area contributed by atoms with Crippen LogP contribution in [0.15, 0.2) is 0 Å². The van der Waals surface area contributed by atoms with E-state index in [4.69, 9.17) is 0 Å². The molecule has 0 aliphatic heterocycles. The van der Waals surface area contributed by atoms with Gasteiger partial charge in [0.25, 0.3) is 0 Å². The molecule has 0 unspecified atom stereocenters. The maximum Gasteiger partial charge on any atom is 0.0104 e. The van der Waals surface area contributed by atoms with Crippen LogP contribution in [0, 0.1) is 11.8 Å². The van der Waals surface area contributed by atoms with Crippen molar-refractivity contribution in [3.05, 3.63) is 0 Å². The minimum atomic E-state index is 0.782. The van der Waals surface area contributed by atoms with Crippen LogP contribution < -0.4 is 5.32 Å². The van der Waals surface area contributed by atoms with E-state index < -0.39 is 0 Å². The molecule has 1 aliphatic carbocycles. The zero-order valence-corrected chi connectivity index (χ0v) is 10.8. The van der Waals surface area contributed by atoms with E-state index in [1.54, 1.807) is 0 Å². The van der Waals surface area contributed by atoms with Crippen LogP contribution in [0.4, 0.5) is 0 Å². The topological polar surface area (TPSA) is 15.3 Å². The van der Waals surface area contributed by atoms with Crippen LogP contribution in [0.2, 0.25) is 0 Å². The average Bonchev–Trinajstić information content (AvgIpc) is 2.63. The second kappa shape index (κ2) is 7.24. The molecule has 0 aromatic rings. The van der Waals surface area contributed by atoms with Crippen molar-refractivity contribution in [2.24, 2.45) is 11.8 Å². The lowest BCUT2D eigenvalue weighted by atomic mass is 10.1. The lowest BCUT2D eigenvalue weighted by molar-refractivity contribution is 0.292. The van der Waals surface area contributed by atoms with E-state index in [-0.39, 0.29) is 0 Å². The van der Waals surface area contributed by atoms with Crippen molar-refractivity contribution in [1.29, 1.82) is 0 Å². The first-order chi connectivity index (χ1) is 7.18. The Bertz CT molecular complexity index is 151. The molecule has 0 heterocycles. The molecule has 0 bridgehead atoms. The molecule has 0 aromatic carbocycles. The van der Waals surface area contributed by atoms with Crippen LogP contribution in [0.5, 0.6) is 0 Å². The lowest BCUT2D eigenvalue weighted by Crippen LogP contribution is -2.33. The van der Waals surface area contributed by atoms with Crippen LogP contribution in [-0.2, 0) is 0 Å². The third-order valence-electron chi connectivity index (χ3n) is 3.25. The highest BCUT2D eigenvalue weighted by molar-refractivity contribution is 4.69. The number of nitrogens with zero attached hydrogens (tertiary/aromatic N) is 1. The van der Waals surface area contributed by atoms with Gasteiger partial charge in [0, 0.05) is 19.6 Å². The molecule has 1 N–H and O–H groups in total. The fraction of sp³-hybridized carbons (Fsp3) is 1.00. The van der Waals surface area contributed by atoms with E-state index in [1.807, 2.05) is 0 Å². The van der Waals surface area contributed by atoms with E-state index in [9.17, 15) is 0 Å². The third kappa shape index (κ3) is 6.16. The van der Waals surface area contributed by atoms with Gasteiger partial charge in [-0.15, -0.1) is 0 Å². The molecule has 15 heavy (non-hydrogen) atoms. The Morgan fingerprint density at radius 1 is 1.27 bits per heavy atom. The molecule has 0 radical (unpaired) electrons. The van der Waals surface area contributed by atoms with Crippen molar-refractivity contribution < 1.29 is 0 Å². The van der Waals surface area contributed by atoms with E-state index in [0.717, 1.165) is 18.4 Å². The normalized spacial score (nSPS) is 18.2. The maximum atomic E-state index is 3.59. The van der Waals surface area contributed by atoms with Gasteiger partial charge < -0.3 is 10.2 Å².